The van der Waals surface area contributed by atoms with Gasteiger partial charge in [-0.15, -0.1) is 0 Å². The Hall–Kier alpha value is -1.68. The van der Waals surface area contributed by atoms with Crippen LogP contribution < -0.4 is 0 Å². The highest BCUT2D eigenvalue weighted by Gasteiger charge is 2.37. The van der Waals surface area contributed by atoms with E-state index in [9.17, 15) is 9.59 Å². The van der Waals surface area contributed by atoms with Crippen LogP contribution in [0.2, 0.25) is 0 Å². The number of hydrogen-bond acceptors (Lipinski definition) is 2. The molecule has 1 aliphatic heterocycles. The number of nitrogens with zero attached hydrogens (tertiary/aromatic N) is 1. The fourth-order valence-electron chi connectivity index (χ4n) is 2.17. The van der Waals surface area contributed by atoms with Crippen molar-refractivity contribution < 1.29 is 9.59 Å². The number of halogens is 1. The van der Waals surface area contributed by atoms with Crippen LogP contribution in [0.25, 0.3) is 0 Å². The Kier molecular flexibility index (Phi) is 4.00. The third kappa shape index (κ3) is 2.54. The highest BCUT2D eigenvalue weighted by Crippen LogP contribution is 2.30. The van der Waals surface area contributed by atoms with E-state index in [0.29, 0.717) is 22.0 Å². The molecule has 1 aliphatic carbocycles. The topological polar surface area (TPSA) is 37.4 Å². The predicted molar refractivity (Wildman–Crippen MR) is 78.5 cm³/mol. The standard InChI is InChI=1S/C15H14BrNO2/c1-3-6-11(10(2)16)9-17-14(18)12-7-4-5-8-13(12)15(17)19/h3-4,6-7H,1-2,5,8-9H2/b11-6-. The predicted octanol–water partition coefficient (Wildman–Crippen LogP) is 3.02. The van der Waals surface area contributed by atoms with E-state index < -0.39 is 0 Å². The van der Waals surface area contributed by atoms with Crippen LogP contribution in [0.1, 0.15) is 12.8 Å². The summed E-state index contributed by atoms with van der Waals surface area (Å²) in [5.41, 5.74) is 1.93. The van der Waals surface area contributed by atoms with E-state index in [-0.39, 0.29) is 18.4 Å². The molecule has 0 radical (unpaired) electrons. The van der Waals surface area contributed by atoms with Crippen LogP contribution in [-0.4, -0.2) is 23.3 Å². The van der Waals surface area contributed by atoms with Gasteiger partial charge in [-0.3, -0.25) is 14.5 Å². The van der Waals surface area contributed by atoms with Gasteiger partial charge < -0.3 is 0 Å². The van der Waals surface area contributed by atoms with E-state index in [1.165, 1.54) is 4.90 Å². The monoisotopic (exact) mass is 319 g/mol. The first-order valence-corrected chi connectivity index (χ1v) is 6.77. The molecule has 0 aromatic carbocycles. The van der Waals surface area contributed by atoms with Crippen molar-refractivity contribution >= 4 is 27.7 Å². The maximum absolute atomic E-state index is 12.2. The molecule has 2 aliphatic rings. The second kappa shape index (κ2) is 5.53. The molecular formula is C15H14BrNO2. The SMILES string of the molecule is C=C/C=C(/CN1C(=O)C2=C(CCC=C2)C1=O)C(=C)Br. The van der Waals surface area contributed by atoms with E-state index in [4.69, 9.17) is 0 Å². The van der Waals surface area contributed by atoms with Gasteiger partial charge in [0.05, 0.1) is 6.54 Å². The van der Waals surface area contributed by atoms with Crippen LogP contribution in [-0.2, 0) is 9.59 Å². The summed E-state index contributed by atoms with van der Waals surface area (Å²) < 4.78 is 0.647. The van der Waals surface area contributed by atoms with Crippen molar-refractivity contribution in [1.82, 2.24) is 4.90 Å². The molecule has 0 atom stereocenters. The maximum atomic E-state index is 12.2. The molecule has 0 bridgehead atoms. The molecule has 0 unspecified atom stereocenters. The third-order valence-electron chi connectivity index (χ3n) is 3.15. The zero-order valence-electron chi connectivity index (χ0n) is 10.5. The minimum atomic E-state index is -0.223. The van der Waals surface area contributed by atoms with Gasteiger partial charge in [-0.1, -0.05) is 53.4 Å². The Labute approximate surface area is 120 Å². The highest BCUT2D eigenvalue weighted by molar-refractivity contribution is 9.11. The summed E-state index contributed by atoms with van der Waals surface area (Å²) in [5, 5.41) is 0. The van der Waals surface area contributed by atoms with Crippen molar-refractivity contribution in [2.75, 3.05) is 6.54 Å². The molecule has 0 N–H and O–H groups in total. The molecule has 98 valence electrons. The number of carbonyl (C=O) groups is 2. The molecule has 0 saturated carbocycles. The normalized spacial score (nSPS) is 19.0. The zero-order valence-corrected chi connectivity index (χ0v) is 12.1. The maximum Gasteiger partial charge on any atom is 0.261 e. The smallest absolute Gasteiger partial charge is 0.261 e. The van der Waals surface area contributed by atoms with Gasteiger partial charge in [0.25, 0.3) is 11.8 Å². The molecule has 4 heteroatoms. The number of carbonyl (C=O) groups excluding carboxylic acids is 2. The van der Waals surface area contributed by atoms with E-state index in [0.717, 1.165) is 12.0 Å². The van der Waals surface area contributed by atoms with Crippen LogP contribution in [0.5, 0.6) is 0 Å². The molecule has 3 nitrogen and oxygen atoms in total. The Balaban J connectivity index is 2.25. The molecule has 0 saturated heterocycles. The molecule has 0 fully saturated rings. The van der Waals surface area contributed by atoms with Gasteiger partial charge in [-0.05, 0) is 18.4 Å². The zero-order chi connectivity index (χ0) is 14.0. The molecule has 2 amide bonds. The number of allylic oxidation sites excluding steroid dienone is 3. The van der Waals surface area contributed by atoms with Crippen molar-refractivity contribution in [1.29, 1.82) is 0 Å². The highest BCUT2D eigenvalue weighted by atomic mass is 79.9. The van der Waals surface area contributed by atoms with Gasteiger partial charge in [-0.2, -0.15) is 0 Å². The summed E-state index contributed by atoms with van der Waals surface area (Å²) in [4.78, 5) is 25.7. The minimum Gasteiger partial charge on any atom is -0.270 e. The van der Waals surface area contributed by atoms with Gasteiger partial charge in [0.15, 0.2) is 0 Å². The van der Waals surface area contributed by atoms with Gasteiger partial charge in [-0.25, -0.2) is 0 Å². The van der Waals surface area contributed by atoms with E-state index >= 15 is 0 Å². The van der Waals surface area contributed by atoms with E-state index in [2.05, 4.69) is 29.1 Å². The Bertz CT molecular complexity index is 567. The average molecular weight is 320 g/mol. The Morgan fingerprint density at radius 2 is 2.16 bits per heavy atom. The molecule has 19 heavy (non-hydrogen) atoms. The number of imide groups is 1. The van der Waals surface area contributed by atoms with Crippen molar-refractivity contribution in [3.8, 4) is 0 Å². The lowest BCUT2D eigenvalue weighted by Crippen LogP contribution is -2.33. The van der Waals surface area contributed by atoms with Crippen LogP contribution in [0.4, 0.5) is 0 Å². The first kappa shape index (κ1) is 13.7. The number of rotatable bonds is 4. The Morgan fingerprint density at radius 1 is 1.42 bits per heavy atom. The van der Waals surface area contributed by atoms with Crippen molar-refractivity contribution in [3.63, 3.8) is 0 Å². The van der Waals surface area contributed by atoms with Gasteiger partial charge in [0, 0.05) is 15.6 Å². The van der Waals surface area contributed by atoms with Crippen molar-refractivity contribution in [3.05, 3.63) is 58.7 Å². The second-order valence-corrected chi connectivity index (χ2v) is 5.32. The fraction of sp³-hybridized carbons (Fsp3) is 0.200. The minimum absolute atomic E-state index is 0.187. The number of hydrogen-bond donors (Lipinski definition) is 0. The van der Waals surface area contributed by atoms with Crippen molar-refractivity contribution in [2.45, 2.75) is 12.8 Å². The largest absolute Gasteiger partial charge is 0.270 e. The molecule has 0 aromatic heterocycles. The molecule has 0 spiro atoms. The molecular weight excluding hydrogens is 306 g/mol. The fourth-order valence-corrected chi connectivity index (χ4v) is 2.43. The lowest BCUT2D eigenvalue weighted by atomic mass is 10.00. The van der Waals surface area contributed by atoms with Crippen molar-refractivity contribution in [2.24, 2.45) is 0 Å². The lowest BCUT2D eigenvalue weighted by Gasteiger charge is -2.16. The quantitative estimate of drug-likeness (QED) is 0.590. The number of amides is 2. The first-order chi connectivity index (χ1) is 9.06. The first-order valence-electron chi connectivity index (χ1n) is 5.98. The molecule has 1 heterocycles. The lowest BCUT2D eigenvalue weighted by molar-refractivity contribution is -0.136. The summed E-state index contributed by atoms with van der Waals surface area (Å²) in [6.45, 7) is 7.62. The summed E-state index contributed by atoms with van der Waals surface area (Å²) in [7, 11) is 0. The Morgan fingerprint density at radius 3 is 2.74 bits per heavy atom. The molecule has 2 rings (SSSR count). The second-order valence-electron chi connectivity index (χ2n) is 4.36. The van der Waals surface area contributed by atoms with Crippen LogP contribution in [0.15, 0.2) is 58.7 Å². The third-order valence-corrected chi connectivity index (χ3v) is 3.65. The van der Waals surface area contributed by atoms with E-state index in [1.807, 2.05) is 6.08 Å². The average Bonchev–Trinajstić information content (AvgIpc) is 2.63. The van der Waals surface area contributed by atoms with Crippen LogP contribution in [0, 0.1) is 0 Å². The van der Waals surface area contributed by atoms with Gasteiger partial charge in [0.1, 0.15) is 0 Å². The van der Waals surface area contributed by atoms with E-state index in [1.54, 1.807) is 18.2 Å². The summed E-state index contributed by atoms with van der Waals surface area (Å²) >= 11 is 3.28. The molecule has 0 aromatic rings. The van der Waals surface area contributed by atoms with Crippen LogP contribution in [0.3, 0.4) is 0 Å². The summed E-state index contributed by atoms with van der Waals surface area (Å²) in [5.74, 6) is -0.410. The summed E-state index contributed by atoms with van der Waals surface area (Å²) in [6, 6.07) is 0. The summed E-state index contributed by atoms with van der Waals surface area (Å²) in [6.07, 6.45) is 8.48. The van der Waals surface area contributed by atoms with Gasteiger partial charge >= 0.3 is 0 Å². The van der Waals surface area contributed by atoms with Crippen LogP contribution >= 0.6 is 15.9 Å². The van der Waals surface area contributed by atoms with Gasteiger partial charge in [0.2, 0.25) is 0 Å².